The first-order valence-electron chi connectivity index (χ1n) is 9.55. The van der Waals surface area contributed by atoms with E-state index < -0.39 is 0 Å². The molecule has 0 atom stereocenters. The van der Waals surface area contributed by atoms with Gasteiger partial charge in [-0.15, -0.1) is 25.3 Å². The summed E-state index contributed by atoms with van der Waals surface area (Å²) in [5.74, 6) is 0. The Balaban J connectivity index is 2.20. The van der Waals surface area contributed by atoms with Crippen LogP contribution in [0.4, 0.5) is 0 Å². The Morgan fingerprint density at radius 1 is 1.07 bits per heavy atom. The highest BCUT2D eigenvalue weighted by molar-refractivity contribution is 7.84. The second-order valence-electron chi connectivity index (χ2n) is 6.69. The molecule has 0 aromatic heterocycles. The Kier molecular flexibility index (Phi) is 11.1. The second-order valence-corrected chi connectivity index (χ2v) is 7.85. The van der Waals surface area contributed by atoms with Crippen molar-refractivity contribution in [1.82, 2.24) is 10.6 Å². The van der Waals surface area contributed by atoms with Crippen LogP contribution < -0.4 is 10.6 Å². The number of hydrogen-bond acceptors (Lipinski definition) is 4. The van der Waals surface area contributed by atoms with Crippen LogP contribution in [-0.2, 0) is 0 Å². The molecule has 0 saturated heterocycles. The van der Waals surface area contributed by atoms with E-state index in [4.69, 9.17) is 0 Å². The van der Waals surface area contributed by atoms with Crippen LogP contribution in [0.1, 0.15) is 50.7 Å². The van der Waals surface area contributed by atoms with Gasteiger partial charge in [0, 0.05) is 40.5 Å². The van der Waals surface area contributed by atoms with Gasteiger partial charge < -0.3 is 10.6 Å². The van der Waals surface area contributed by atoms with Gasteiger partial charge in [0.2, 0.25) is 0 Å². The Labute approximate surface area is 176 Å². The summed E-state index contributed by atoms with van der Waals surface area (Å²) in [6.45, 7) is 16.2. The van der Waals surface area contributed by atoms with E-state index in [-0.39, 0.29) is 0 Å². The lowest BCUT2D eigenvalue weighted by Gasteiger charge is -2.14. The second kappa shape index (κ2) is 12.8. The van der Waals surface area contributed by atoms with Crippen molar-refractivity contribution in [3.63, 3.8) is 0 Å². The fraction of sp³-hybridized carbons (Fsp3) is 0.391. The third kappa shape index (κ3) is 8.35. The number of thiol groups is 2. The molecule has 4 heteroatoms. The standard InChI is InChI=1S/C23H34N2S2/c1-6-12-21(20(5)26)18(3)24-15-9-7-8-10-16-25-19(4)23-17(2)13-11-14-22(23)27/h6,11-14,24-27H,3-4,7-10,15-16H2,1-2,5H3/b12-6-,21-20-. The molecule has 0 amide bonds. The maximum atomic E-state index is 4.54. The minimum Gasteiger partial charge on any atom is -0.385 e. The van der Waals surface area contributed by atoms with Gasteiger partial charge in [0.25, 0.3) is 0 Å². The first-order valence-corrected chi connectivity index (χ1v) is 10.4. The topological polar surface area (TPSA) is 24.1 Å². The van der Waals surface area contributed by atoms with Crippen molar-refractivity contribution in [3.05, 3.63) is 70.8 Å². The first kappa shape index (κ1) is 23.5. The van der Waals surface area contributed by atoms with Crippen LogP contribution >= 0.6 is 25.3 Å². The minimum atomic E-state index is 0.938. The number of unbranched alkanes of at least 4 members (excludes halogenated alkanes) is 3. The molecule has 0 fully saturated rings. The molecule has 1 aromatic carbocycles. The van der Waals surface area contributed by atoms with Crippen molar-refractivity contribution in [2.75, 3.05) is 13.1 Å². The van der Waals surface area contributed by atoms with E-state index in [0.29, 0.717) is 0 Å². The van der Waals surface area contributed by atoms with Crippen molar-refractivity contribution < 1.29 is 0 Å². The maximum Gasteiger partial charge on any atom is 0.0354 e. The highest BCUT2D eigenvalue weighted by Gasteiger charge is 2.06. The molecule has 0 bridgehead atoms. The monoisotopic (exact) mass is 402 g/mol. The minimum absolute atomic E-state index is 0.938. The molecular formula is C23H34N2S2. The molecule has 27 heavy (non-hydrogen) atoms. The first-order chi connectivity index (χ1) is 12.9. The van der Waals surface area contributed by atoms with E-state index in [0.717, 1.165) is 58.3 Å². The number of benzene rings is 1. The summed E-state index contributed by atoms with van der Waals surface area (Å²) in [5, 5.41) is 6.84. The van der Waals surface area contributed by atoms with Crippen molar-refractivity contribution in [2.45, 2.75) is 51.3 Å². The summed E-state index contributed by atoms with van der Waals surface area (Å²) >= 11 is 8.97. The van der Waals surface area contributed by atoms with E-state index in [1.54, 1.807) is 0 Å². The van der Waals surface area contributed by atoms with Crippen LogP contribution in [0.25, 0.3) is 5.70 Å². The molecule has 1 aromatic rings. The van der Waals surface area contributed by atoms with E-state index in [1.807, 2.05) is 38.1 Å². The summed E-state index contributed by atoms with van der Waals surface area (Å²) < 4.78 is 0. The molecule has 0 unspecified atom stereocenters. The molecular weight excluding hydrogens is 368 g/mol. The van der Waals surface area contributed by atoms with Gasteiger partial charge in [-0.3, -0.25) is 0 Å². The molecule has 0 aliphatic carbocycles. The summed E-state index contributed by atoms with van der Waals surface area (Å²) in [6.07, 6.45) is 8.70. The molecule has 0 aliphatic heterocycles. The molecule has 1 rings (SSSR count). The lowest BCUT2D eigenvalue weighted by Crippen LogP contribution is -2.16. The average molecular weight is 403 g/mol. The van der Waals surface area contributed by atoms with Gasteiger partial charge in [-0.25, -0.2) is 0 Å². The van der Waals surface area contributed by atoms with Gasteiger partial charge >= 0.3 is 0 Å². The molecule has 0 saturated carbocycles. The number of aryl methyl sites for hydroxylation is 1. The van der Waals surface area contributed by atoms with E-state index in [9.17, 15) is 0 Å². The van der Waals surface area contributed by atoms with Crippen molar-refractivity contribution in [2.24, 2.45) is 0 Å². The van der Waals surface area contributed by atoms with Crippen LogP contribution in [0.3, 0.4) is 0 Å². The lowest BCUT2D eigenvalue weighted by atomic mass is 10.1. The average Bonchev–Trinajstić information content (AvgIpc) is 2.61. The number of allylic oxidation sites excluding steroid dienone is 3. The van der Waals surface area contributed by atoms with E-state index >= 15 is 0 Å². The summed E-state index contributed by atoms with van der Waals surface area (Å²) in [5.41, 5.74) is 5.30. The normalized spacial score (nSPS) is 12.0. The van der Waals surface area contributed by atoms with Gasteiger partial charge in [0.1, 0.15) is 0 Å². The Morgan fingerprint density at radius 3 is 2.26 bits per heavy atom. The van der Waals surface area contributed by atoms with Crippen molar-refractivity contribution in [1.29, 1.82) is 0 Å². The molecule has 2 N–H and O–H groups in total. The summed E-state index contributed by atoms with van der Waals surface area (Å²) in [7, 11) is 0. The van der Waals surface area contributed by atoms with Crippen molar-refractivity contribution in [3.8, 4) is 0 Å². The zero-order chi connectivity index (χ0) is 20.2. The number of nitrogens with one attached hydrogen (secondary N) is 2. The highest BCUT2D eigenvalue weighted by Crippen LogP contribution is 2.23. The van der Waals surface area contributed by atoms with Gasteiger partial charge in [-0.05, 0) is 50.1 Å². The smallest absolute Gasteiger partial charge is 0.0354 e. The number of hydrogen-bond donors (Lipinski definition) is 4. The van der Waals surface area contributed by atoms with E-state index in [1.165, 1.54) is 18.4 Å². The zero-order valence-electron chi connectivity index (χ0n) is 16.9. The Morgan fingerprint density at radius 2 is 1.70 bits per heavy atom. The third-order valence-electron chi connectivity index (χ3n) is 4.38. The van der Waals surface area contributed by atoms with Crippen LogP contribution in [-0.4, -0.2) is 13.1 Å². The SMILES string of the molecule is C=C(NCCCCCCNC(=C)c1c(C)cccc1S)C(/C=C\C)=C(/C)S. The van der Waals surface area contributed by atoms with Gasteiger partial charge in [0.05, 0.1) is 0 Å². The van der Waals surface area contributed by atoms with Gasteiger partial charge in [-0.1, -0.05) is 50.3 Å². The summed E-state index contributed by atoms with van der Waals surface area (Å²) in [4.78, 5) is 1.96. The largest absolute Gasteiger partial charge is 0.385 e. The Bertz CT molecular complexity index is 678. The number of rotatable bonds is 12. The maximum absolute atomic E-state index is 4.54. The zero-order valence-corrected chi connectivity index (χ0v) is 18.7. The van der Waals surface area contributed by atoms with Crippen LogP contribution in [0, 0.1) is 6.92 Å². The lowest BCUT2D eigenvalue weighted by molar-refractivity contribution is 0.611. The fourth-order valence-corrected chi connectivity index (χ4v) is 3.52. The molecule has 2 nitrogen and oxygen atoms in total. The molecule has 0 spiro atoms. The van der Waals surface area contributed by atoms with Crippen LogP contribution in [0.2, 0.25) is 0 Å². The molecule has 0 heterocycles. The van der Waals surface area contributed by atoms with Crippen LogP contribution in [0.15, 0.2) is 64.6 Å². The molecule has 148 valence electrons. The fourth-order valence-electron chi connectivity index (χ4n) is 2.92. The van der Waals surface area contributed by atoms with Gasteiger partial charge in [-0.2, -0.15) is 0 Å². The van der Waals surface area contributed by atoms with Gasteiger partial charge in [0.15, 0.2) is 0 Å². The molecule has 0 radical (unpaired) electrons. The predicted molar refractivity (Wildman–Crippen MR) is 128 cm³/mol. The predicted octanol–water partition coefficient (Wildman–Crippen LogP) is 6.29. The Hall–Kier alpha value is -1.52. The molecule has 0 aliphatic rings. The quantitative estimate of drug-likeness (QED) is 0.188. The highest BCUT2D eigenvalue weighted by atomic mass is 32.1. The van der Waals surface area contributed by atoms with Crippen LogP contribution in [0.5, 0.6) is 0 Å². The van der Waals surface area contributed by atoms with Crippen molar-refractivity contribution >= 4 is 31.0 Å². The summed E-state index contributed by atoms with van der Waals surface area (Å²) in [6, 6.07) is 6.12. The third-order valence-corrected chi connectivity index (χ3v) is 4.99. The van der Waals surface area contributed by atoms with E-state index in [2.05, 4.69) is 62.0 Å².